The molecule has 1 N–H and O–H groups in total. The van der Waals surface area contributed by atoms with E-state index >= 15 is 0 Å². The maximum atomic E-state index is 9.22. The lowest BCUT2D eigenvalue weighted by atomic mass is 10.1. The lowest BCUT2D eigenvalue weighted by Gasteiger charge is -2.22. The molecule has 0 fully saturated rings. The van der Waals surface area contributed by atoms with E-state index < -0.39 is 0 Å². The van der Waals surface area contributed by atoms with Gasteiger partial charge in [0.2, 0.25) is 0 Å². The number of aliphatic hydroxyl groups is 1. The van der Waals surface area contributed by atoms with Crippen LogP contribution in [0.5, 0.6) is 17.2 Å². The highest BCUT2D eigenvalue weighted by Crippen LogP contribution is 2.43. The molecule has 5 heteroatoms. The Morgan fingerprint density at radius 3 is 2.87 bits per heavy atom. The fraction of sp³-hybridized carbons (Fsp3) is 0.400. The average Bonchev–Trinajstić information content (AvgIpc) is 2.28. The molecule has 0 bridgehead atoms. The molecule has 0 atom stereocenters. The second-order valence-electron chi connectivity index (χ2n) is 3.05. The van der Waals surface area contributed by atoms with Gasteiger partial charge in [0.15, 0.2) is 11.5 Å². The van der Waals surface area contributed by atoms with Gasteiger partial charge in [0.05, 0.1) is 18.7 Å². The molecule has 1 aromatic rings. The van der Waals surface area contributed by atoms with Crippen molar-refractivity contribution in [1.29, 1.82) is 0 Å². The summed E-state index contributed by atoms with van der Waals surface area (Å²) in [6.07, 6.45) is 0. The topological polar surface area (TPSA) is 47.9 Å². The van der Waals surface area contributed by atoms with Gasteiger partial charge in [-0.2, -0.15) is 0 Å². The Balaban J connectivity index is 2.58. The first-order chi connectivity index (χ1) is 7.27. The Kier molecular flexibility index (Phi) is 2.88. The molecular weight excluding hydrogens is 220 g/mol. The monoisotopic (exact) mass is 230 g/mol. The van der Waals surface area contributed by atoms with Gasteiger partial charge in [0.25, 0.3) is 0 Å². The summed E-state index contributed by atoms with van der Waals surface area (Å²) in [6.45, 7) is 0.743. The molecule has 0 spiro atoms. The van der Waals surface area contributed by atoms with Gasteiger partial charge in [-0.05, 0) is 0 Å². The number of hydrogen-bond acceptors (Lipinski definition) is 4. The van der Waals surface area contributed by atoms with E-state index in [9.17, 15) is 5.11 Å². The summed E-state index contributed by atoms with van der Waals surface area (Å²) in [5, 5.41) is 9.58. The van der Waals surface area contributed by atoms with Crippen molar-refractivity contribution < 1.29 is 19.3 Å². The summed E-state index contributed by atoms with van der Waals surface area (Å²) in [6, 6.07) is 1.66. The molecule has 82 valence electrons. The highest BCUT2D eigenvalue weighted by molar-refractivity contribution is 6.33. The number of benzene rings is 1. The van der Waals surface area contributed by atoms with Crippen LogP contribution < -0.4 is 14.2 Å². The minimum atomic E-state index is -0.207. The van der Waals surface area contributed by atoms with Crippen LogP contribution in [0.15, 0.2) is 6.07 Å². The maximum absolute atomic E-state index is 9.22. The molecule has 1 aromatic carbocycles. The lowest BCUT2D eigenvalue weighted by Crippen LogP contribution is -2.17. The molecule has 2 rings (SSSR count). The van der Waals surface area contributed by atoms with Crippen LogP contribution in [0.3, 0.4) is 0 Å². The van der Waals surface area contributed by atoms with Crippen LogP contribution in [-0.2, 0) is 6.61 Å². The number of aliphatic hydroxyl groups excluding tert-OH is 1. The second-order valence-corrected chi connectivity index (χ2v) is 3.43. The number of methoxy groups -OCH3 is 1. The van der Waals surface area contributed by atoms with Crippen molar-refractivity contribution in [1.82, 2.24) is 0 Å². The number of ether oxygens (including phenoxy) is 3. The van der Waals surface area contributed by atoms with E-state index in [4.69, 9.17) is 25.8 Å². The van der Waals surface area contributed by atoms with E-state index in [1.807, 2.05) is 0 Å². The molecule has 15 heavy (non-hydrogen) atoms. The molecule has 0 radical (unpaired) electrons. The van der Waals surface area contributed by atoms with Crippen LogP contribution in [0.4, 0.5) is 0 Å². The van der Waals surface area contributed by atoms with Gasteiger partial charge in [0, 0.05) is 11.6 Å². The zero-order valence-corrected chi connectivity index (χ0v) is 9.00. The van der Waals surface area contributed by atoms with Crippen molar-refractivity contribution in [2.24, 2.45) is 0 Å². The Morgan fingerprint density at radius 1 is 1.47 bits per heavy atom. The van der Waals surface area contributed by atoms with E-state index in [0.29, 0.717) is 41.0 Å². The maximum Gasteiger partial charge on any atom is 0.168 e. The summed E-state index contributed by atoms with van der Waals surface area (Å²) >= 11 is 6.03. The summed E-state index contributed by atoms with van der Waals surface area (Å²) in [5.41, 5.74) is 0.505. The standard InChI is InChI=1S/C10H11ClO4/c1-13-7-4-8-10(15-3-2-14-8)6(5-12)9(7)11/h4,12H,2-3,5H2,1H3. The minimum absolute atomic E-state index is 0.207. The van der Waals surface area contributed by atoms with E-state index in [1.165, 1.54) is 7.11 Å². The molecule has 1 aliphatic heterocycles. The van der Waals surface area contributed by atoms with Crippen LogP contribution in [0.1, 0.15) is 5.56 Å². The van der Waals surface area contributed by atoms with Gasteiger partial charge < -0.3 is 19.3 Å². The highest BCUT2D eigenvalue weighted by Gasteiger charge is 2.21. The van der Waals surface area contributed by atoms with Gasteiger partial charge in [-0.25, -0.2) is 0 Å². The average molecular weight is 231 g/mol. The van der Waals surface area contributed by atoms with Gasteiger partial charge in [-0.15, -0.1) is 0 Å². The van der Waals surface area contributed by atoms with Crippen molar-refractivity contribution in [3.05, 3.63) is 16.7 Å². The second kappa shape index (κ2) is 4.16. The van der Waals surface area contributed by atoms with E-state index in [0.717, 1.165) is 0 Å². The van der Waals surface area contributed by atoms with Crippen LogP contribution >= 0.6 is 11.6 Å². The zero-order valence-electron chi connectivity index (χ0n) is 8.25. The van der Waals surface area contributed by atoms with E-state index in [-0.39, 0.29) is 6.61 Å². The molecular formula is C10H11ClO4. The molecule has 4 nitrogen and oxygen atoms in total. The lowest BCUT2D eigenvalue weighted by molar-refractivity contribution is 0.164. The first kappa shape index (κ1) is 10.4. The SMILES string of the molecule is COc1cc2c(c(CO)c1Cl)OCCO2. The quantitative estimate of drug-likeness (QED) is 0.839. The Morgan fingerprint density at radius 2 is 2.20 bits per heavy atom. The third kappa shape index (κ3) is 1.70. The summed E-state index contributed by atoms with van der Waals surface area (Å²) in [5.74, 6) is 1.55. The minimum Gasteiger partial charge on any atom is -0.495 e. The van der Waals surface area contributed by atoms with Crippen molar-refractivity contribution in [3.63, 3.8) is 0 Å². The van der Waals surface area contributed by atoms with Crippen molar-refractivity contribution >= 4 is 11.6 Å². The predicted molar refractivity (Wildman–Crippen MR) is 54.9 cm³/mol. The van der Waals surface area contributed by atoms with E-state index in [1.54, 1.807) is 6.07 Å². The van der Waals surface area contributed by atoms with Crippen LogP contribution in [0.2, 0.25) is 5.02 Å². The zero-order chi connectivity index (χ0) is 10.8. The van der Waals surface area contributed by atoms with Gasteiger partial charge >= 0.3 is 0 Å². The number of rotatable bonds is 2. The molecule has 0 saturated carbocycles. The molecule has 1 aliphatic rings. The fourth-order valence-corrected chi connectivity index (χ4v) is 1.77. The number of halogens is 1. The number of hydrogen-bond donors (Lipinski definition) is 1. The molecule has 0 unspecified atom stereocenters. The molecule has 0 amide bonds. The Bertz CT molecular complexity index is 378. The third-order valence-corrected chi connectivity index (χ3v) is 2.62. The fourth-order valence-electron chi connectivity index (χ4n) is 1.50. The summed E-state index contributed by atoms with van der Waals surface area (Å²) in [4.78, 5) is 0. The predicted octanol–water partition coefficient (Wildman–Crippen LogP) is 1.61. The highest BCUT2D eigenvalue weighted by atomic mass is 35.5. The Hall–Kier alpha value is -1.13. The van der Waals surface area contributed by atoms with Gasteiger partial charge in [-0.3, -0.25) is 0 Å². The first-order valence-electron chi connectivity index (χ1n) is 4.53. The van der Waals surface area contributed by atoms with E-state index in [2.05, 4.69) is 0 Å². The number of fused-ring (bicyclic) bond motifs is 1. The smallest absolute Gasteiger partial charge is 0.168 e. The molecule has 0 aromatic heterocycles. The van der Waals surface area contributed by atoms with Crippen LogP contribution in [0.25, 0.3) is 0 Å². The largest absolute Gasteiger partial charge is 0.495 e. The molecule has 0 saturated heterocycles. The first-order valence-corrected chi connectivity index (χ1v) is 4.91. The van der Waals surface area contributed by atoms with Crippen LogP contribution in [-0.4, -0.2) is 25.4 Å². The van der Waals surface area contributed by atoms with Crippen LogP contribution in [0, 0.1) is 0 Å². The van der Waals surface area contributed by atoms with Gasteiger partial charge in [-0.1, -0.05) is 11.6 Å². The van der Waals surface area contributed by atoms with Gasteiger partial charge in [0.1, 0.15) is 19.0 Å². The van der Waals surface area contributed by atoms with Crippen molar-refractivity contribution in [3.8, 4) is 17.2 Å². The molecule has 1 heterocycles. The normalized spacial score (nSPS) is 13.8. The Labute approximate surface area is 92.3 Å². The molecule has 0 aliphatic carbocycles. The summed E-state index contributed by atoms with van der Waals surface area (Å²) < 4.78 is 15.9. The third-order valence-electron chi connectivity index (χ3n) is 2.21. The summed E-state index contributed by atoms with van der Waals surface area (Å²) in [7, 11) is 1.51. The van der Waals surface area contributed by atoms with Crippen molar-refractivity contribution in [2.45, 2.75) is 6.61 Å². The van der Waals surface area contributed by atoms with Crippen molar-refractivity contribution in [2.75, 3.05) is 20.3 Å².